The summed E-state index contributed by atoms with van der Waals surface area (Å²) in [4.78, 5) is 14.3. The van der Waals surface area contributed by atoms with Gasteiger partial charge < -0.3 is 20.9 Å². The molecule has 6 nitrogen and oxygen atoms in total. The molecule has 0 aromatic heterocycles. The first-order chi connectivity index (χ1) is 12.9. The topological polar surface area (TPSA) is 85.6 Å². The van der Waals surface area contributed by atoms with E-state index in [1.54, 1.807) is 0 Å². The predicted octanol–water partition coefficient (Wildman–Crippen LogP) is 4.22. The Bertz CT molecular complexity index is 668. The minimum Gasteiger partial charge on any atom is -0.673 e. The summed E-state index contributed by atoms with van der Waals surface area (Å²) in [6.07, 6.45) is 2.01. The van der Waals surface area contributed by atoms with Crippen molar-refractivity contribution >= 4 is 11.6 Å². The Hall–Kier alpha value is -0.942. The van der Waals surface area contributed by atoms with Gasteiger partial charge in [0.15, 0.2) is 0 Å². The fourth-order valence-electron chi connectivity index (χ4n) is 3.79. The molecule has 0 atom stereocenters. The van der Waals surface area contributed by atoms with E-state index in [1.165, 1.54) is 0 Å². The van der Waals surface area contributed by atoms with Gasteiger partial charge in [0.05, 0.1) is 12.8 Å². The summed E-state index contributed by atoms with van der Waals surface area (Å²) >= 11 is 0. The molecule has 3 rings (SSSR count). The van der Waals surface area contributed by atoms with Crippen molar-refractivity contribution < 1.29 is 35.7 Å². The van der Waals surface area contributed by atoms with Gasteiger partial charge in [0.2, 0.25) is 5.91 Å². The number of rotatable bonds is 5. The van der Waals surface area contributed by atoms with E-state index in [4.69, 9.17) is 15.6 Å². The van der Waals surface area contributed by atoms with Crippen molar-refractivity contribution in [1.82, 2.24) is 4.90 Å². The van der Waals surface area contributed by atoms with Crippen LogP contribution in [-0.4, -0.2) is 47.4 Å². The number of nitrogens with one attached hydrogen (secondary N) is 2. The van der Waals surface area contributed by atoms with Crippen molar-refractivity contribution in [1.29, 1.82) is 0 Å². The second kappa shape index (κ2) is 10.4. The van der Waals surface area contributed by atoms with Crippen LogP contribution in [0, 0.1) is 18.3 Å². The molecule has 1 aromatic rings. The van der Waals surface area contributed by atoms with Crippen molar-refractivity contribution in [2.45, 2.75) is 66.0 Å². The molecule has 1 heterocycles. The van der Waals surface area contributed by atoms with E-state index in [0.717, 1.165) is 42.9 Å². The molecule has 1 aliphatic heterocycles. The fraction of sp³-hybridized carbons (Fsp3) is 0.682. The van der Waals surface area contributed by atoms with Gasteiger partial charge in [-0.15, -0.1) is 5.54 Å². The maximum absolute atomic E-state index is 12.3. The van der Waals surface area contributed by atoms with Gasteiger partial charge in [-0.3, -0.25) is 9.69 Å². The van der Waals surface area contributed by atoms with Gasteiger partial charge in [0.25, 0.3) is 0 Å². The summed E-state index contributed by atoms with van der Waals surface area (Å²) < 4.78 is 5.72. The summed E-state index contributed by atoms with van der Waals surface area (Å²) in [7, 11) is 0. The zero-order valence-electron chi connectivity index (χ0n) is 18.5. The van der Waals surface area contributed by atoms with E-state index in [1.807, 2.05) is 64.6 Å². The number of carbonyl (C=O) groups is 1. The first-order valence-electron chi connectivity index (χ1n) is 10.1. The average molecular weight is 574 g/mol. The molecule has 2 fully saturated rings. The molecule has 1 saturated carbocycles. The predicted molar refractivity (Wildman–Crippen MR) is 113 cm³/mol. The van der Waals surface area contributed by atoms with Gasteiger partial charge in [-0.2, -0.15) is 0 Å². The Morgan fingerprint density at radius 2 is 1.90 bits per heavy atom. The number of hydrogen-bond acceptors (Lipinski definition) is 4. The Morgan fingerprint density at radius 1 is 1.34 bits per heavy atom. The Balaban J connectivity index is 0.000000628. The number of amides is 1. The molecular weight excluding hydrogens is 538 g/mol. The Labute approximate surface area is 189 Å². The molecule has 1 saturated heterocycles. The molecule has 1 spiro atoms. The monoisotopic (exact) mass is 574 g/mol. The van der Waals surface area contributed by atoms with Crippen LogP contribution in [0.2, 0.25) is 0 Å². The molecule has 0 unspecified atom stereocenters. The normalized spacial score (nSPS) is 18.1. The average Bonchev–Trinajstić information content (AvgIpc) is 2.45. The van der Waals surface area contributed by atoms with Crippen LogP contribution in [0.1, 0.15) is 53.0 Å². The number of benzene rings is 1. The minimum atomic E-state index is -0.250. The van der Waals surface area contributed by atoms with Crippen LogP contribution >= 0.6 is 0 Å². The first kappa shape index (κ1) is 26.1. The van der Waals surface area contributed by atoms with Crippen molar-refractivity contribution in [3.63, 3.8) is 0 Å². The Morgan fingerprint density at radius 3 is 2.34 bits per heavy atom. The number of likely N-dealkylation sites (tertiary alicyclic amines) is 1. The molecule has 2 aliphatic rings. The summed E-state index contributed by atoms with van der Waals surface area (Å²) in [5.74, 6) is 1.07. The summed E-state index contributed by atoms with van der Waals surface area (Å²) in [5.41, 5.74) is 8.83. The summed E-state index contributed by atoms with van der Waals surface area (Å²) in [5, 5.41) is 12.1. The third kappa shape index (κ3) is 8.01. The van der Waals surface area contributed by atoms with E-state index in [0.29, 0.717) is 0 Å². The van der Waals surface area contributed by atoms with Crippen LogP contribution in [-0.2, 0) is 25.9 Å². The van der Waals surface area contributed by atoms with Gasteiger partial charge in [0.1, 0.15) is 5.75 Å². The van der Waals surface area contributed by atoms with Crippen LogP contribution < -0.4 is 10.1 Å². The van der Waals surface area contributed by atoms with Crippen LogP contribution in [0.25, 0.3) is 5.73 Å². The second-order valence-electron chi connectivity index (χ2n) is 9.62. The van der Waals surface area contributed by atoms with Gasteiger partial charge in [-0.05, 0) is 62.8 Å². The van der Waals surface area contributed by atoms with Gasteiger partial charge >= 0.3 is 0 Å². The standard InChI is InChI=1S/C18H26N2O3.C4H10N.W/c1-12(2)23-16-5-4-15(6-13(16)3)19-17(22)14-7-18(8-14)9-20(10-18)11-21;1-4(2,3)5;/h4-6,12,14,21H,7-11H2,1-3H3,(H,19,22);5H,1-3H3;/q;-1;. The molecule has 1 aliphatic carbocycles. The van der Waals surface area contributed by atoms with Crippen molar-refractivity contribution in [2.75, 3.05) is 25.1 Å². The molecule has 164 valence electrons. The molecule has 0 radical (unpaired) electrons. The smallest absolute Gasteiger partial charge is 0.227 e. The maximum atomic E-state index is 12.3. The number of nitrogens with zero attached hydrogens (tertiary/aromatic N) is 1. The van der Waals surface area contributed by atoms with Gasteiger partial charge in [-0.25, -0.2) is 0 Å². The molecule has 7 heteroatoms. The van der Waals surface area contributed by atoms with Crippen LogP contribution in [0.3, 0.4) is 0 Å². The number of aliphatic hydroxyl groups is 1. The van der Waals surface area contributed by atoms with Crippen LogP contribution in [0.4, 0.5) is 5.69 Å². The van der Waals surface area contributed by atoms with E-state index in [2.05, 4.69) is 5.32 Å². The molecule has 3 N–H and O–H groups in total. The molecule has 1 aromatic carbocycles. The molecular formula is C22H36N3O3W-. The number of aliphatic hydroxyl groups excluding tert-OH is 1. The van der Waals surface area contributed by atoms with E-state index >= 15 is 0 Å². The largest absolute Gasteiger partial charge is 0.673 e. The number of hydrogen-bond donors (Lipinski definition) is 2. The number of aryl methyl sites for hydroxylation is 1. The van der Waals surface area contributed by atoms with Crippen LogP contribution in [0.5, 0.6) is 5.75 Å². The number of anilines is 1. The van der Waals surface area contributed by atoms with Crippen molar-refractivity contribution in [3.05, 3.63) is 29.5 Å². The SMILES string of the molecule is CC(C)(C)[NH-].Cc1cc(NC(=O)C2CC3(C2)CN(CO)C3)ccc1OC(C)C.[W]. The number of ether oxygens (including phenoxy) is 1. The fourth-order valence-corrected chi connectivity index (χ4v) is 3.79. The minimum absolute atomic E-state index is 0. The quantitative estimate of drug-likeness (QED) is 0.552. The zero-order valence-corrected chi connectivity index (χ0v) is 21.5. The molecule has 0 bridgehead atoms. The van der Waals surface area contributed by atoms with Gasteiger partial charge in [0, 0.05) is 45.8 Å². The number of carbonyl (C=O) groups excluding carboxylic acids is 1. The second-order valence-corrected chi connectivity index (χ2v) is 9.62. The molecule has 1 amide bonds. The summed E-state index contributed by atoms with van der Waals surface area (Å²) in [6, 6.07) is 5.77. The van der Waals surface area contributed by atoms with Crippen molar-refractivity contribution in [3.8, 4) is 5.75 Å². The van der Waals surface area contributed by atoms with E-state index < -0.39 is 0 Å². The van der Waals surface area contributed by atoms with E-state index in [-0.39, 0.29) is 56.7 Å². The Kier molecular flexibility index (Phi) is 9.35. The zero-order chi connectivity index (χ0) is 21.1. The molecule has 29 heavy (non-hydrogen) atoms. The summed E-state index contributed by atoms with van der Waals surface area (Å²) in [6.45, 7) is 13.5. The third-order valence-corrected chi connectivity index (χ3v) is 4.85. The van der Waals surface area contributed by atoms with Gasteiger partial charge in [-0.1, -0.05) is 20.8 Å². The van der Waals surface area contributed by atoms with Crippen LogP contribution in [0.15, 0.2) is 18.2 Å². The maximum Gasteiger partial charge on any atom is 0.227 e. The third-order valence-electron chi connectivity index (χ3n) is 4.85. The first-order valence-corrected chi connectivity index (χ1v) is 10.1. The van der Waals surface area contributed by atoms with E-state index in [9.17, 15) is 4.79 Å². The van der Waals surface area contributed by atoms with Crippen molar-refractivity contribution in [2.24, 2.45) is 11.3 Å².